The smallest absolute Gasteiger partial charge is 1.00 e. The second kappa shape index (κ2) is 15.6. The van der Waals surface area contributed by atoms with E-state index in [1.165, 1.54) is 22.3 Å². The van der Waals surface area contributed by atoms with Crippen LogP contribution in [0.2, 0.25) is 0 Å². The number of hydrogen-bond donors (Lipinski definition) is 0. The Labute approximate surface area is 225 Å². The average Bonchev–Trinajstić information content (AvgIpc) is 2.75. The predicted molar refractivity (Wildman–Crippen MR) is 130 cm³/mol. The van der Waals surface area contributed by atoms with E-state index < -0.39 is 0 Å². The number of benzene rings is 4. The van der Waals surface area contributed by atoms with E-state index in [0.29, 0.717) is 0 Å². The summed E-state index contributed by atoms with van der Waals surface area (Å²) in [5, 5.41) is 9.28. The van der Waals surface area contributed by atoms with Gasteiger partial charge in [-0.05, 0) is 27.7 Å². The molecule has 4 aromatic rings. The van der Waals surface area contributed by atoms with Gasteiger partial charge in [0.2, 0.25) is 0 Å². The molecule has 0 N–H and O–H groups in total. The van der Waals surface area contributed by atoms with Crippen molar-refractivity contribution in [1.82, 2.24) is 0 Å². The van der Waals surface area contributed by atoms with Crippen molar-refractivity contribution in [3.63, 3.8) is 0 Å². The topological polar surface area (TPSA) is 28.2 Å². The Balaban J connectivity index is 0.000000569. The second-order valence-electron chi connectivity index (χ2n) is 7.37. The minimum atomic E-state index is 0. The van der Waals surface area contributed by atoms with Crippen molar-refractivity contribution in [3.8, 4) is 0 Å². The summed E-state index contributed by atoms with van der Waals surface area (Å²) in [4.78, 5) is 0. The molecule has 2 nitrogen and oxygen atoms in total. The van der Waals surface area contributed by atoms with Gasteiger partial charge in [-0.25, -0.2) is 0 Å². The van der Waals surface area contributed by atoms with Crippen molar-refractivity contribution >= 4 is 22.7 Å². The zero-order valence-electron chi connectivity index (χ0n) is 19.4. The van der Waals surface area contributed by atoms with E-state index in [-0.39, 0.29) is 46.5 Å². The maximum atomic E-state index is 4.64. The first kappa shape index (κ1) is 30.8. The molecule has 0 aliphatic carbocycles. The quantitative estimate of drug-likeness (QED) is 0.377. The van der Waals surface area contributed by atoms with Crippen LogP contribution in [0.1, 0.15) is 22.3 Å². The zero-order chi connectivity index (χ0) is 21.3. The van der Waals surface area contributed by atoms with Crippen LogP contribution in [-0.4, -0.2) is 0 Å². The Morgan fingerprint density at radius 1 is 0.364 bits per heavy atom. The Morgan fingerprint density at radius 3 is 0.727 bits per heavy atom. The van der Waals surface area contributed by atoms with E-state index in [4.69, 9.17) is 0 Å². The summed E-state index contributed by atoms with van der Waals surface area (Å²) in [7, 11) is 0. The Kier molecular flexibility index (Phi) is 14.5. The van der Waals surface area contributed by atoms with Crippen molar-refractivity contribution in [2.75, 3.05) is 0 Å². The molecule has 0 heterocycles. The summed E-state index contributed by atoms with van der Waals surface area (Å²) < 4.78 is 0. The maximum absolute atomic E-state index is 4.64. The van der Waals surface area contributed by atoms with Gasteiger partial charge in [-0.2, -0.15) is 0 Å². The third-order valence-electron chi connectivity index (χ3n) is 4.94. The fourth-order valence-corrected chi connectivity index (χ4v) is 3.01. The molecule has 33 heavy (non-hydrogen) atoms. The summed E-state index contributed by atoms with van der Waals surface area (Å²) in [6.45, 7) is 8.32. The first-order chi connectivity index (χ1) is 14.5. The molecule has 0 saturated carbocycles. The summed E-state index contributed by atoms with van der Waals surface area (Å²) in [5.41, 5.74) is 9.03. The summed E-state index contributed by atoms with van der Waals surface area (Å²) >= 11 is 0. The monoisotopic (exact) mass is 510 g/mol. The molecule has 0 radical (unpaired) electrons. The number of aryl methyl sites for hydroxylation is 4. The van der Waals surface area contributed by atoms with E-state index in [9.17, 15) is 0 Å². The van der Waals surface area contributed by atoms with Gasteiger partial charge in [-0.3, -0.25) is 0 Å². The van der Waals surface area contributed by atoms with Gasteiger partial charge in [0.25, 0.3) is 0 Å². The van der Waals surface area contributed by atoms with Gasteiger partial charge >= 0.3 is 21.7 Å². The minimum Gasteiger partial charge on any atom is -1.00 e. The summed E-state index contributed by atoms with van der Waals surface area (Å²) in [6.07, 6.45) is 0. The SMILES string of the molecule is Cc1ccccc1[N-]c1ccccc1C.Cc1ccccc1[N-]c1ccccc1C.[Cl-].[Cl-].[Ti+4]. The molecule has 0 bridgehead atoms. The average molecular weight is 511 g/mol. The van der Waals surface area contributed by atoms with Gasteiger partial charge in [0.1, 0.15) is 0 Å². The third kappa shape index (κ3) is 9.27. The molecule has 0 aliphatic rings. The van der Waals surface area contributed by atoms with Crippen molar-refractivity contribution < 1.29 is 46.5 Å². The van der Waals surface area contributed by atoms with Crippen molar-refractivity contribution in [2.45, 2.75) is 27.7 Å². The molecular formula is C28H28Cl2N2Ti. The van der Waals surface area contributed by atoms with E-state index >= 15 is 0 Å². The van der Waals surface area contributed by atoms with Gasteiger partial charge in [-0.15, -0.1) is 22.7 Å². The minimum absolute atomic E-state index is 0. The number of rotatable bonds is 4. The Hall–Kier alpha value is -2.23. The van der Waals surface area contributed by atoms with Crippen LogP contribution in [0.5, 0.6) is 0 Å². The normalized spacial score (nSPS) is 9.09. The zero-order valence-corrected chi connectivity index (χ0v) is 22.5. The van der Waals surface area contributed by atoms with Gasteiger partial charge in [-0.1, -0.05) is 119 Å². The summed E-state index contributed by atoms with van der Waals surface area (Å²) in [5.74, 6) is 0. The largest absolute Gasteiger partial charge is 4.00 e. The van der Waals surface area contributed by atoms with Crippen molar-refractivity contribution in [2.24, 2.45) is 0 Å². The van der Waals surface area contributed by atoms with E-state index in [0.717, 1.165) is 22.7 Å². The number of hydrogen-bond acceptors (Lipinski definition) is 0. The first-order valence-electron chi connectivity index (χ1n) is 10.2. The van der Waals surface area contributed by atoms with Gasteiger partial charge in [0.15, 0.2) is 0 Å². The van der Waals surface area contributed by atoms with Crippen LogP contribution < -0.4 is 24.8 Å². The van der Waals surface area contributed by atoms with E-state index in [1.54, 1.807) is 0 Å². The molecule has 4 aromatic carbocycles. The van der Waals surface area contributed by atoms with Crippen LogP contribution >= 0.6 is 0 Å². The number of para-hydroxylation sites is 4. The van der Waals surface area contributed by atoms with Crippen LogP contribution in [0.15, 0.2) is 97.1 Å². The number of nitrogens with zero attached hydrogens (tertiary/aromatic N) is 2. The standard InChI is InChI=1S/2C14H14N.2ClH.Ti/c2*1-11-7-3-5-9-13(11)15-14-10-6-4-8-12(14)2;;;/h2*3-10H,1-2H3;2*1H;/q2*-1;;;+4/p-2. The molecule has 4 rings (SSSR count). The van der Waals surface area contributed by atoms with Crippen LogP contribution in [0.25, 0.3) is 10.6 Å². The van der Waals surface area contributed by atoms with Crippen LogP contribution in [0, 0.1) is 27.7 Å². The molecule has 0 spiro atoms. The van der Waals surface area contributed by atoms with Crippen LogP contribution in [0.4, 0.5) is 22.7 Å². The Morgan fingerprint density at radius 2 is 0.545 bits per heavy atom. The molecule has 0 saturated heterocycles. The molecule has 0 unspecified atom stereocenters. The molecule has 0 amide bonds. The summed E-state index contributed by atoms with van der Waals surface area (Å²) in [6, 6.07) is 32.7. The predicted octanol–water partition coefficient (Wildman–Crippen LogP) is 3.29. The molecule has 0 atom stereocenters. The van der Waals surface area contributed by atoms with Crippen LogP contribution in [0.3, 0.4) is 0 Å². The third-order valence-corrected chi connectivity index (χ3v) is 4.94. The molecule has 0 fully saturated rings. The Bertz CT molecular complexity index is 940. The molecule has 5 heteroatoms. The fraction of sp³-hybridized carbons (Fsp3) is 0.143. The van der Waals surface area contributed by atoms with E-state index in [2.05, 4.69) is 62.6 Å². The van der Waals surface area contributed by atoms with Gasteiger partial charge in [0, 0.05) is 0 Å². The number of halogens is 2. The van der Waals surface area contributed by atoms with Crippen LogP contribution in [-0.2, 0) is 21.7 Å². The van der Waals surface area contributed by atoms with E-state index in [1.807, 2.05) is 72.8 Å². The maximum Gasteiger partial charge on any atom is 4.00 e. The van der Waals surface area contributed by atoms with Crippen molar-refractivity contribution in [1.29, 1.82) is 0 Å². The fourth-order valence-electron chi connectivity index (χ4n) is 3.01. The molecule has 0 aromatic heterocycles. The second-order valence-corrected chi connectivity index (χ2v) is 7.37. The van der Waals surface area contributed by atoms with Gasteiger partial charge < -0.3 is 35.4 Å². The van der Waals surface area contributed by atoms with Gasteiger partial charge in [0.05, 0.1) is 0 Å². The molecular weight excluding hydrogens is 483 g/mol. The molecule has 0 aliphatic heterocycles. The first-order valence-corrected chi connectivity index (χ1v) is 10.2. The van der Waals surface area contributed by atoms with Crippen molar-refractivity contribution in [3.05, 3.63) is 130 Å². The molecule has 168 valence electrons.